The summed E-state index contributed by atoms with van der Waals surface area (Å²) in [7, 11) is 0. The van der Waals surface area contributed by atoms with Gasteiger partial charge in [-0.25, -0.2) is 0 Å². The fourth-order valence-corrected chi connectivity index (χ4v) is 4.73. The molecular formula is C25H15BrO2. The normalized spacial score (nSPS) is 18.5. The van der Waals surface area contributed by atoms with Crippen molar-refractivity contribution in [1.82, 2.24) is 0 Å². The van der Waals surface area contributed by atoms with Crippen LogP contribution in [0.1, 0.15) is 26.3 Å². The Morgan fingerprint density at radius 2 is 1.25 bits per heavy atom. The first-order valence-corrected chi connectivity index (χ1v) is 9.87. The summed E-state index contributed by atoms with van der Waals surface area (Å²) in [5.41, 5.74) is 3.38. The third-order valence-corrected chi connectivity index (χ3v) is 6.56. The molecule has 134 valence electrons. The van der Waals surface area contributed by atoms with Crippen LogP contribution >= 0.6 is 15.9 Å². The van der Waals surface area contributed by atoms with Gasteiger partial charge in [0.15, 0.2) is 15.9 Å². The number of ketones is 2. The van der Waals surface area contributed by atoms with E-state index in [1.165, 1.54) is 0 Å². The number of hydrogen-bond acceptors (Lipinski definition) is 2. The van der Waals surface area contributed by atoms with Crippen LogP contribution in [-0.2, 0) is 4.32 Å². The van der Waals surface area contributed by atoms with Crippen molar-refractivity contribution in [2.24, 2.45) is 0 Å². The molecular weight excluding hydrogens is 412 g/mol. The predicted octanol–water partition coefficient (Wildman–Crippen LogP) is 6.18. The molecule has 0 saturated carbocycles. The van der Waals surface area contributed by atoms with Crippen molar-refractivity contribution in [3.8, 4) is 11.1 Å². The molecule has 0 saturated heterocycles. The van der Waals surface area contributed by atoms with Gasteiger partial charge in [-0.15, -0.1) is 0 Å². The summed E-state index contributed by atoms with van der Waals surface area (Å²) in [4.78, 5) is 27.2. The first-order valence-electron chi connectivity index (χ1n) is 9.07. The molecule has 0 spiro atoms. The Bertz CT molecular complexity index is 1250. The molecule has 0 N–H and O–H groups in total. The lowest BCUT2D eigenvalue weighted by Crippen LogP contribution is -2.31. The predicted molar refractivity (Wildman–Crippen MR) is 115 cm³/mol. The van der Waals surface area contributed by atoms with E-state index in [9.17, 15) is 9.59 Å². The van der Waals surface area contributed by atoms with E-state index in [-0.39, 0.29) is 11.6 Å². The van der Waals surface area contributed by atoms with Crippen LogP contribution in [0.3, 0.4) is 0 Å². The van der Waals surface area contributed by atoms with Crippen molar-refractivity contribution < 1.29 is 9.59 Å². The molecule has 28 heavy (non-hydrogen) atoms. The molecule has 0 fully saturated rings. The molecule has 0 amide bonds. The molecule has 0 aromatic heterocycles. The Hall–Kier alpha value is -3.04. The molecule has 1 aliphatic carbocycles. The van der Waals surface area contributed by atoms with Crippen LogP contribution in [-0.4, -0.2) is 11.6 Å². The van der Waals surface area contributed by atoms with Crippen molar-refractivity contribution in [3.05, 3.63) is 108 Å². The number of hydrogen-bond donors (Lipinski definition) is 0. The van der Waals surface area contributed by atoms with Crippen molar-refractivity contribution in [2.45, 2.75) is 4.32 Å². The van der Waals surface area contributed by atoms with E-state index in [2.05, 4.69) is 15.9 Å². The van der Waals surface area contributed by atoms with Crippen LogP contribution in [0.2, 0.25) is 0 Å². The van der Waals surface area contributed by atoms with E-state index in [4.69, 9.17) is 0 Å². The Morgan fingerprint density at radius 3 is 1.96 bits per heavy atom. The van der Waals surface area contributed by atoms with Gasteiger partial charge < -0.3 is 0 Å². The molecule has 3 heteroatoms. The quantitative estimate of drug-likeness (QED) is 0.283. The van der Waals surface area contributed by atoms with Gasteiger partial charge in [0.2, 0.25) is 0 Å². The lowest BCUT2D eigenvalue weighted by atomic mass is 9.89. The van der Waals surface area contributed by atoms with Gasteiger partial charge in [0.05, 0.1) is 0 Å². The van der Waals surface area contributed by atoms with Crippen LogP contribution in [0.25, 0.3) is 21.9 Å². The molecule has 0 heterocycles. The molecule has 1 atom stereocenters. The van der Waals surface area contributed by atoms with Crippen LogP contribution < -0.4 is 0 Å². The molecule has 4 aromatic carbocycles. The summed E-state index contributed by atoms with van der Waals surface area (Å²) >= 11 is 3.55. The average molecular weight is 427 g/mol. The summed E-state index contributed by atoms with van der Waals surface area (Å²) < 4.78 is -1.38. The highest BCUT2D eigenvalue weighted by atomic mass is 79.9. The maximum Gasteiger partial charge on any atom is 0.193 e. The standard InChI is InChI=1S/C25H15BrO2/c26-25(18-12-5-2-6-13-18)23(27)20-15-17-11-7-8-14-19(17)21(22(20)24(25)28)16-9-3-1-4-10-16/h1-15H/t25-/m0/s1. The Kier molecular flexibility index (Phi) is 3.81. The fourth-order valence-electron chi connectivity index (χ4n) is 4.06. The van der Waals surface area contributed by atoms with E-state index >= 15 is 0 Å². The molecule has 1 aliphatic rings. The summed E-state index contributed by atoms with van der Waals surface area (Å²) in [6.07, 6.45) is 0. The van der Waals surface area contributed by atoms with Gasteiger partial charge in [-0.3, -0.25) is 9.59 Å². The number of carbonyl (C=O) groups is 2. The number of rotatable bonds is 2. The van der Waals surface area contributed by atoms with Crippen molar-refractivity contribution in [3.63, 3.8) is 0 Å². The van der Waals surface area contributed by atoms with Crippen LogP contribution in [0, 0.1) is 0 Å². The van der Waals surface area contributed by atoms with Gasteiger partial charge in [-0.2, -0.15) is 0 Å². The SMILES string of the molecule is O=C1c2cc3ccccc3c(-c3ccccc3)c2C(=O)[C@]1(Br)c1ccccc1. The number of halogens is 1. The van der Waals surface area contributed by atoms with Gasteiger partial charge in [-0.1, -0.05) is 101 Å². The monoisotopic (exact) mass is 426 g/mol. The Labute approximate surface area is 171 Å². The molecule has 2 nitrogen and oxygen atoms in total. The highest BCUT2D eigenvalue weighted by Gasteiger charge is 2.53. The molecule has 0 radical (unpaired) electrons. The molecule has 0 aliphatic heterocycles. The number of carbonyl (C=O) groups excluding carboxylic acids is 2. The lowest BCUT2D eigenvalue weighted by Gasteiger charge is -2.18. The Balaban J connectivity index is 1.88. The van der Waals surface area contributed by atoms with Gasteiger partial charge >= 0.3 is 0 Å². The smallest absolute Gasteiger partial charge is 0.193 e. The van der Waals surface area contributed by atoms with Gasteiger partial charge in [0, 0.05) is 16.7 Å². The van der Waals surface area contributed by atoms with E-state index in [0.29, 0.717) is 16.7 Å². The molecule has 4 aromatic rings. The second kappa shape index (κ2) is 6.25. The third-order valence-electron chi connectivity index (χ3n) is 5.38. The number of alkyl halides is 1. The fraction of sp³-hybridized carbons (Fsp3) is 0.0400. The summed E-state index contributed by atoms with van der Waals surface area (Å²) in [5, 5.41) is 1.92. The van der Waals surface area contributed by atoms with Crippen LogP contribution in [0.5, 0.6) is 0 Å². The largest absolute Gasteiger partial charge is 0.292 e. The van der Waals surface area contributed by atoms with Crippen molar-refractivity contribution >= 4 is 38.3 Å². The second-order valence-electron chi connectivity index (χ2n) is 6.94. The van der Waals surface area contributed by atoms with E-state index in [1.807, 2.05) is 91.0 Å². The minimum absolute atomic E-state index is 0.205. The first-order chi connectivity index (χ1) is 13.6. The maximum atomic E-state index is 13.7. The minimum atomic E-state index is -1.38. The van der Waals surface area contributed by atoms with Crippen LogP contribution in [0.4, 0.5) is 0 Å². The van der Waals surface area contributed by atoms with Crippen molar-refractivity contribution in [2.75, 3.05) is 0 Å². The average Bonchev–Trinajstić information content (AvgIpc) is 2.95. The lowest BCUT2D eigenvalue weighted by molar-refractivity contribution is 0.0871. The number of benzene rings is 4. The van der Waals surface area contributed by atoms with Crippen molar-refractivity contribution in [1.29, 1.82) is 0 Å². The topological polar surface area (TPSA) is 34.1 Å². The zero-order valence-electron chi connectivity index (χ0n) is 14.9. The van der Waals surface area contributed by atoms with E-state index in [1.54, 1.807) is 0 Å². The maximum absolute atomic E-state index is 13.7. The highest BCUT2D eigenvalue weighted by Crippen LogP contribution is 2.49. The first kappa shape index (κ1) is 17.1. The van der Waals surface area contributed by atoms with Gasteiger partial charge in [0.1, 0.15) is 0 Å². The molecule has 0 unspecified atom stereocenters. The Morgan fingerprint density at radius 1 is 0.643 bits per heavy atom. The van der Waals surface area contributed by atoms with E-state index in [0.717, 1.165) is 21.9 Å². The zero-order valence-corrected chi connectivity index (χ0v) is 16.4. The number of Topliss-reactive ketones (excluding diaryl/α,β-unsaturated/α-hetero) is 2. The second-order valence-corrected chi connectivity index (χ2v) is 8.13. The zero-order chi connectivity index (χ0) is 19.3. The van der Waals surface area contributed by atoms with E-state index < -0.39 is 4.32 Å². The highest BCUT2D eigenvalue weighted by molar-refractivity contribution is 9.10. The number of fused-ring (bicyclic) bond motifs is 2. The summed E-state index contributed by atoms with van der Waals surface area (Å²) in [5.74, 6) is -0.412. The third kappa shape index (κ3) is 2.26. The van der Waals surface area contributed by atoms with Gasteiger partial charge in [-0.05, 0) is 28.0 Å². The van der Waals surface area contributed by atoms with Crippen LogP contribution in [0.15, 0.2) is 91.0 Å². The summed E-state index contributed by atoms with van der Waals surface area (Å²) in [6.45, 7) is 0. The summed E-state index contributed by atoms with van der Waals surface area (Å²) in [6, 6.07) is 28.8. The minimum Gasteiger partial charge on any atom is -0.292 e. The molecule has 0 bridgehead atoms. The molecule has 5 rings (SSSR count). The van der Waals surface area contributed by atoms with Gasteiger partial charge in [0.25, 0.3) is 0 Å².